The molecule has 2 aliphatic heterocycles. The zero-order valence-electron chi connectivity index (χ0n) is 13.7. The van der Waals surface area contributed by atoms with Crippen molar-refractivity contribution in [1.82, 2.24) is 9.80 Å². The van der Waals surface area contributed by atoms with Gasteiger partial charge < -0.3 is 9.64 Å². The normalized spacial score (nSPS) is 22.1. The van der Waals surface area contributed by atoms with Crippen LogP contribution in [-0.2, 0) is 9.53 Å². The molecule has 2 aliphatic rings. The molecule has 0 aliphatic carbocycles. The summed E-state index contributed by atoms with van der Waals surface area (Å²) >= 11 is 6.32. The van der Waals surface area contributed by atoms with Gasteiger partial charge in [-0.25, -0.2) is 0 Å². The summed E-state index contributed by atoms with van der Waals surface area (Å²) in [7, 11) is 0. The van der Waals surface area contributed by atoms with Gasteiger partial charge in [0.2, 0.25) is 5.91 Å². The van der Waals surface area contributed by atoms with Gasteiger partial charge in [-0.15, -0.1) is 0 Å². The first-order chi connectivity index (χ1) is 11.2. The molecule has 5 heteroatoms. The molecule has 2 saturated heterocycles. The molecule has 2 fully saturated rings. The van der Waals surface area contributed by atoms with Crippen LogP contribution in [0.2, 0.25) is 5.02 Å². The molecular weight excluding hydrogens is 312 g/mol. The molecule has 1 amide bonds. The van der Waals surface area contributed by atoms with Crippen LogP contribution in [0.3, 0.4) is 0 Å². The first kappa shape index (κ1) is 16.7. The van der Waals surface area contributed by atoms with Gasteiger partial charge in [0.25, 0.3) is 0 Å². The summed E-state index contributed by atoms with van der Waals surface area (Å²) in [5, 5.41) is 0.820. The number of rotatable bonds is 3. The lowest BCUT2D eigenvalue weighted by Crippen LogP contribution is -2.51. The molecule has 23 heavy (non-hydrogen) atoms. The number of carbonyl (C=O) groups excluding carboxylic acids is 1. The van der Waals surface area contributed by atoms with E-state index in [0.717, 1.165) is 57.3 Å². The Morgan fingerprint density at radius 2 is 1.83 bits per heavy atom. The quantitative estimate of drug-likeness (QED) is 0.850. The van der Waals surface area contributed by atoms with Crippen molar-refractivity contribution < 1.29 is 9.53 Å². The van der Waals surface area contributed by atoms with Crippen LogP contribution in [0, 0.1) is 5.92 Å². The molecule has 1 aromatic carbocycles. The van der Waals surface area contributed by atoms with E-state index in [1.807, 2.05) is 23.1 Å². The lowest BCUT2D eigenvalue weighted by molar-refractivity contribution is -0.140. The van der Waals surface area contributed by atoms with Gasteiger partial charge in [0.1, 0.15) is 0 Å². The second-order valence-electron chi connectivity index (χ2n) is 6.45. The van der Waals surface area contributed by atoms with Gasteiger partial charge in [0.15, 0.2) is 0 Å². The Balaban J connectivity index is 1.55. The lowest BCUT2D eigenvalue weighted by atomic mass is 9.98. The SMILES string of the molecule is CC(c1ccccc1Cl)N1CCN(C(=O)C2CCOCC2)CC1. The number of amides is 1. The Hall–Kier alpha value is -1.10. The van der Waals surface area contributed by atoms with Crippen LogP contribution in [0.1, 0.15) is 31.4 Å². The highest BCUT2D eigenvalue weighted by molar-refractivity contribution is 6.31. The van der Waals surface area contributed by atoms with Gasteiger partial charge in [0.05, 0.1) is 0 Å². The number of carbonyl (C=O) groups is 1. The number of benzene rings is 1. The van der Waals surface area contributed by atoms with Crippen molar-refractivity contribution in [3.8, 4) is 0 Å². The summed E-state index contributed by atoms with van der Waals surface area (Å²) in [6.07, 6.45) is 1.74. The second kappa shape index (κ2) is 7.65. The van der Waals surface area contributed by atoms with E-state index in [9.17, 15) is 4.79 Å². The van der Waals surface area contributed by atoms with Crippen molar-refractivity contribution in [2.75, 3.05) is 39.4 Å². The number of hydrogen-bond acceptors (Lipinski definition) is 3. The average Bonchev–Trinajstić information content (AvgIpc) is 2.62. The summed E-state index contributed by atoms with van der Waals surface area (Å²) in [5.41, 5.74) is 1.17. The van der Waals surface area contributed by atoms with Gasteiger partial charge in [-0.3, -0.25) is 9.69 Å². The molecule has 4 nitrogen and oxygen atoms in total. The highest BCUT2D eigenvalue weighted by atomic mass is 35.5. The number of ether oxygens (including phenoxy) is 1. The smallest absolute Gasteiger partial charge is 0.225 e. The zero-order chi connectivity index (χ0) is 16.2. The molecule has 2 heterocycles. The number of halogens is 1. The van der Waals surface area contributed by atoms with Crippen molar-refractivity contribution >= 4 is 17.5 Å². The molecular formula is C18H25ClN2O2. The Labute approximate surface area is 143 Å². The molecule has 0 spiro atoms. The maximum absolute atomic E-state index is 12.6. The van der Waals surface area contributed by atoms with E-state index in [1.165, 1.54) is 5.56 Å². The van der Waals surface area contributed by atoms with E-state index in [-0.39, 0.29) is 12.0 Å². The minimum Gasteiger partial charge on any atom is -0.381 e. The number of hydrogen-bond donors (Lipinski definition) is 0. The first-order valence-electron chi connectivity index (χ1n) is 8.52. The van der Waals surface area contributed by atoms with Crippen molar-refractivity contribution in [3.05, 3.63) is 34.9 Å². The lowest BCUT2D eigenvalue weighted by Gasteiger charge is -2.40. The third-order valence-electron chi connectivity index (χ3n) is 5.10. The third kappa shape index (κ3) is 3.87. The predicted molar refractivity (Wildman–Crippen MR) is 91.6 cm³/mol. The molecule has 3 rings (SSSR count). The molecule has 0 saturated carbocycles. The van der Waals surface area contributed by atoms with E-state index in [0.29, 0.717) is 5.91 Å². The molecule has 0 bridgehead atoms. The summed E-state index contributed by atoms with van der Waals surface area (Å²) < 4.78 is 5.35. The number of nitrogens with zero attached hydrogens (tertiary/aromatic N) is 2. The minimum absolute atomic E-state index is 0.163. The van der Waals surface area contributed by atoms with Crippen molar-refractivity contribution in [2.45, 2.75) is 25.8 Å². The van der Waals surface area contributed by atoms with Gasteiger partial charge in [-0.2, -0.15) is 0 Å². The summed E-state index contributed by atoms with van der Waals surface area (Å²) in [4.78, 5) is 17.0. The second-order valence-corrected chi connectivity index (χ2v) is 6.85. The maximum Gasteiger partial charge on any atom is 0.225 e. The monoisotopic (exact) mass is 336 g/mol. The highest BCUT2D eigenvalue weighted by Crippen LogP contribution is 2.28. The average molecular weight is 337 g/mol. The van der Waals surface area contributed by atoms with E-state index >= 15 is 0 Å². The number of piperazine rings is 1. The molecule has 1 atom stereocenters. The maximum atomic E-state index is 12.6. The predicted octanol–water partition coefficient (Wildman–Crippen LogP) is 2.97. The molecule has 1 aromatic rings. The Bertz CT molecular complexity index is 538. The summed E-state index contributed by atoms with van der Waals surface area (Å²) in [5.74, 6) is 0.481. The van der Waals surface area contributed by atoms with Gasteiger partial charge in [0, 0.05) is 56.4 Å². The molecule has 126 valence electrons. The summed E-state index contributed by atoms with van der Waals surface area (Å²) in [6.45, 7) is 7.07. The fraction of sp³-hybridized carbons (Fsp3) is 0.611. The van der Waals surface area contributed by atoms with Crippen LogP contribution in [0.25, 0.3) is 0 Å². The van der Waals surface area contributed by atoms with Crippen LogP contribution < -0.4 is 0 Å². The van der Waals surface area contributed by atoms with Crippen molar-refractivity contribution in [3.63, 3.8) is 0 Å². The van der Waals surface area contributed by atoms with E-state index < -0.39 is 0 Å². The van der Waals surface area contributed by atoms with Crippen molar-refractivity contribution in [2.24, 2.45) is 5.92 Å². The van der Waals surface area contributed by atoms with Crippen LogP contribution in [0.15, 0.2) is 24.3 Å². The van der Waals surface area contributed by atoms with Gasteiger partial charge in [-0.1, -0.05) is 29.8 Å². The fourth-order valence-electron chi connectivity index (χ4n) is 3.54. The molecule has 0 radical (unpaired) electrons. The topological polar surface area (TPSA) is 32.8 Å². The van der Waals surface area contributed by atoms with Gasteiger partial charge in [-0.05, 0) is 31.4 Å². The fourth-order valence-corrected chi connectivity index (χ4v) is 3.84. The third-order valence-corrected chi connectivity index (χ3v) is 5.44. The minimum atomic E-state index is 0.163. The largest absolute Gasteiger partial charge is 0.381 e. The van der Waals surface area contributed by atoms with Crippen LogP contribution >= 0.6 is 11.6 Å². The zero-order valence-corrected chi connectivity index (χ0v) is 14.5. The van der Waals surface area contributed by atoms with Crippen molar-refractivity contribution in [1.29, 1.82) is 0 Å². The molecule has 0 aromatic heterocycles. The Morgan fingerprint density at radius 1 is 1.17 bits per heavy atom. The molecule has 0 N–H and O–H groups in total. The van der Waals surface area contributed by atoms with E-state index in [4.69, 9.17) is 16.3 Å². The van der Waals surface area contributed by atoms with E-state index in [1.54, 1.807) is 0 Å². The van der Waals surface area contributed by atoms with Crippen LogP contribution in [0.4, 0.5) is 0 Å². The Morgan fingerprint density at radius 3 is 2.48 bits per heavy atom. The first-order valence-corrected chi connectivity index (χ1v) is 8.89. The van der Waals surface area contributed by atoms with Gasteiger partial charge >= 0.3 is 0 Å². The highest BCUT2D eigenvalue weighted by Gasteiger charge is 2.30. The Kier molecular flexibility index (Phi) is 5.57. The van der Waals surface area contributed by atoms with Crippen LogP contribution in [-0.4, -0.2) is 55.1 Å². The standard InChI is InChI=1S/C18H25ClN2O2/c1-14(16-4-2-3-5-17(16)19)20-8-10-21(11-9-20)18(22)15-6-12-23-13-7-15/h2-5,14-15H,6-13H2,1H3. The van der Waals surface area contributed by atoms with E-state index in [2.05, 4.69) is 17.9 Å². The molecule has 1 unspecified atom stereocenters. The summed E-state index contributed by atoms with van der Waals surface area (Å²) in [6, 6.07) is 8.31. The van der Waals surface area contributed by atoms with Crippen LogP contribution in [0.5, 0.6) is 0 Å².